The van der Waals surface area contributed by atoms with Crippen molar-refractivity contribution in [2.75, 3.05) is 0 Å². The maximum atomic E-state index is 4.23. The molecule has 1 saturated carbocycles. The first-order valence-electron chi connectivity index (χ1n) is 5.24. The van der Waals surface area contributed by atoms with Gasteiger partial charge in [0.2, 0.25) is 0 Å². The van der Waals surface area contributed by atoms with Gasteiger partial charge in [-0.2, -0.15) is 15.4 Å². The molecule has 1 N–H and O–H groups in total. The van der Waals surface area contributed by atoms with E-state index in [2.05, 4.69) is 27.5 Å². The number of fused-ring (bicyclic) bond motifs is 1. The second-order valence-corrected chi connectivity index (χ2v) is 4.02. The average molecular weight is 187 g/mol. The smallest absolute Gasteiger partial charge is 0.116 e. The van der Waals surface area contributed by atoms with Gasteiger partial charge in [0.25, 0.3) is 0 Å². The van der Waals surface area contributed by atoms with E-state index in [4.69, 9.17) is 0 Å². The predicted molar refractivity (Wildman–Crippen MR) is 55.1 cm³/mol. The molecule has 0 amide bonds. The van der Waals surface area contributed by atoms with Gasteiger partial charge in [-0.3, -0.25) is 0 Å². The fraction of sp³-hybridized carbons (Fsp3) is 0.455. The number of aromatic nitrogens is 3. The summed E-state index contributed by atoms with van der Waals surface area (Å²) in [6.45, 7) is 0. The van der Waals surface area contributed by atoms with Crippen LogP contribution in [0.1, 0.15) is 37.2 Å². The van der Waals surface area contributed by atoms with Crippen LogP contribution in [-0.4, -0.2) is 15.4 Å². The maximum absolute atomic E-state index is 4.23. The molecular weight excluding hydrogens is 174 g/mol. The van der Waals surface area contributed by atoms with Crippen LogP contribution < -0.4 is 0 Å². The zero-order chi connectivity index (χ0) is 9.38. The molecule has 1 fully saturated rings. The molecule has 1 aromatic carbocycles. The molecule has 1 aliphatic carbocycles. The standard InChI is InChI=1S/C11H13N3/c1-2-5-8(4-1)9-6-3-7-10-11(9)13-14-12-10/h3,6-8H,1-2,4-5H2,(H,12,13,14). The van der Waals surface area contributed by atoms with Gasteiger partial charge < -0.3 is 0 Å². The number of nitrogens with one attached hydrogen (secondary N) is 1. The van der Waals surface area contributed by atoms with E-state index in [0.29, 0.717) is 5.92 Å². The molecule has 0 atom stereocenters. The summed E-state index contributed by atoms with van der Waals surface area (Å²) >= 11 is 0. The zero-order valence-corrected chi connectivity index (χ0v) is 8.03. The number of aromatic amines is 1. The molecule has 0 aliphatic heterocycles. The minimum absolute atomic E-state index is 0.712. The molecule has 0 radical (unpaired) electrons. The fourth-order valence-electron chi connectivity index (χ4n) is 2.46. The predicted octanol–water partition coefficient (Wildman–Crippen LogP) is 2.62. The molecule has 1 aliphatic rings. The third kappa shape index (κ3) is 1.12. The van der Waals surface area contributed by atoms with E-state index in [1.807, 2.05) is 6.07 Å². The highest BCUT2D eigenvalue weighted by molar-refractivity contribution is 5.77. The Morgan fingerprint density at radius 2 is 2.00 bits per heavy atom. The molecule has 0 bridgehead atoms. The molecule has 1 heterocycles. The number of H-pyrrole nitrogens is 1. The average Bonchev–Trinajstić information content (AvgIpc) is 2.88. The Morgan fingerprint density at radius 3 is 2.86 bits per heavy atom. The monoisotopic (exact) mass is 187 g/mol. The molecule has 2 aromatic rings. The van der Waals surface area contributed by atoms with Crippen LogP contribution in [-0.2, 0) is 0 Å². The van der Waals surface area contributed by atoms with Crippen molar-refractivity contribution in [1.82, 2.24) is 15.4 Å². The topological polar surface area (TPSA) is 41.6 Å². The van der Waals surface area contributed by atoms with Gasteiger partial charge in [0, 0.05) is 0 Å². The lowest BCUT2D eigenvalue weighted by molar-refractivity contribution is 0.727. The van der Waals surface area contributed by atoms with Crippen LogP contribution in [0.25, 0.3) is 11.0 Å². The zero-order valence-electron chi connectivity index (χ0n) is 8.03. The first-order valence-corrected chi connectivity index (χ1v) is 5.24. The normalized spacial score (nSPS) is 18.0. The third-order valence-corrected chi connectivity index (χ3v) is 3.17. The first-order chi connectivity index (χ1) is 6.95. The summed E-state index contributed by atoms with van der Waals surface area (Å²) in [4.78, 5) is 0. The van der Waals surface area contributed by atoms with Gasteiger partial charge in [-0.15, -0.1) is 0 Å². The van der Waals surface area contributed by atoms with Crippen molar-refractivity contribution < 1.29 is 0 Å². The van der Waals surface area contributed by atoms with E-state index < -0.39 is 0 Å². The van der Waals surface area contributed by atoms with Crippen molar-refractivity contribution >= 4 is 11.0 Å². The summed E-state index contributed by atoms with van der Waals surface area (Å²) in [5, 5.41) is 11.0. The number of nitrogens with zero attached hydrogens (tertiary/aromatic N) is 2. The Bertz CT molecular complexity index is 440. The van der Waals surface area contributed by atoms with Gasteiger partial charge in [0.1, 0.15) is 11.0 Å². The van der Waals surface area contributed by atoms with Crippen LogP contribution in [0, 0.1) is 0 Å². The minimum Gasteiger partial charge on any atom is -0.197 e. The summed E-state index contributed by atoms with van der Waals surface area (Å²) in [6.07, 6.45) is 5.34. The van der Waals surface area contributed by atoms with Crippen molar-refractivity contribution in [2.45, 2.75) is 31.6 Å². The number of hydrogen-bond acceptors (Lipinski definition) is 2. The molecule has 3 heteroatoms. The van der Waals surface area contributed by atoms with E-state index in [1.165, 1.54) is 31.2 Å². The summed E-state index contributed by atoms with van der Waals surface area (Å²) in [5.41, 5.74) is 3.45. The van der Waals surface area contributed by atoms with E-state index in [0.717, 1.165) is 11.0 Å². The Kier molecular flexibility index (Phi) is 1.76. The van der Waals surface area contributed by atoms with Crippen LogP contribution in [0.15, 0.2) is 18.2 Å². The lowest BCUT2D eigenvalue weighted by atomic mass is 9.96. The van der Waals surface area contributed by atoms with E-state index in [-0.39, 0.29) is 0 Å². The Labute approximate surface area is 82.5 Å². The molecule has 3 rings (SSSR count). The van der Waals surface area contributed by atoms with Gasteiger partial charge in [0.05, 0.1) is 0 Å². The van der Waals surface area contributed by atoms with Gasteiger partial charge in [-0.25, -0.2) is 0 Å². The van der Waals surface area contributed by atoms with Crippen molar-refractivity contribution in [1.29, 1.82) is 0 Å². The van der Waals surface area contributed by atoms with Crippen LogP contribution in [0.5, 0.6) is 0 Å². The van der Waals surface area contributed by atoms with Crippen molar-refractivity contribution in [3.63, 3.8) is 0 Å². The number of hydrogen-bond donors (Lipinski definition) is 1. The number of rotatable bonds is 1. The van der Waals surface area contributed by atoms with E-state index >= 15 is 0 Å². The molecule has 0 saturated heterocycles. The summed E-state index contributed by atoms with van der Waals surface area (Å²) in [7, 11) is 0. The Hall–Kier alpha value is -1.38. The molecule has 0 spiro atoms. The van der Waals surface area contributed by atoms with Crippen LogP contribution >= 0.6 is 0 Å². The molecule has 1 aromatic heterocycles. The Balaban J connectivity index is 2.14. The Morgan fingerprint density at radius 1 is 1.14 bits per heavy atom. The molecule has 14 heavy (non-hydrogen) atoms. The minimum atomic E-state index is 0.712. The second kappa shape index (κ2) is 3.08. The van der Waals surface area contributed by atoms with Gasteiger partial charge in [0.15, 0.2) is 0 Å². The van der Waals surface area contributed by atoms with E-state index in [1.54, 1.807) is 0 Å². The van der Waals surface area contributed by atoms with Gasteiger partial charge >= 0.3 is 0 Å². The number of para-hydroxylation sites is 1. The van der Waals surface area contributed by atoms with Crippen molar-refractivity contribution in [3.8, 4) is 0 Å². The van der Waals surface area contributed by atoms with Crippen molar-refractivity contribution in [3.05, 3.63) is 23.8 Å². The highest BCUT2D eigenvalue weighted by Crippen LogP contribution is 2.36. The van der Waals surface area contributed by atoms with Crippen LogP contribution in [0.4, 0.5) is 0 Å². The molecule has 72 valence electrons. The molecule has 3 nitrogen and oxygen atoms in total. The van der Waals surface area contributed by atoms with Crippen molar-refractivity contribution in [2.24, 2.45) is 0 Å². The lowest BCUT2D eigenvalue weighted by Gasteiger charge is -2.08. The quantitative estimate of drug-likeness (QED) is 0.745. The highest BCUT2D eigenvalue weighted by Gasteiger charge is 2.19. The maximum Gasteiger partial charge on any atom is 0.116 e. The first kappa shape index (κ1) is 7.97. The van der Waals surface area contributed by atoms with E-state index in [9.17, 15) is 0 Å². The SMILES string of the molecule is c1cc(C2CCCC2)c2n[nH]nc2c1. The largest absolute Gasteiger partial charge is 0.197 e. The van der Waals surface area contributed by atoms with Crippen LogP contribution in [0.2, 0.25) is 0 Å². The van der Waals surface area contributed by atoms with Gasteiger partial charge in [-0.05, 0) is 30.4 Å². The fourth-order valence-corrected chi connectivity index (χ4v) is 2.46. The highest BCUT2D eigenvalue weighted by atomic mass is 15.3. The summed E-state index contributed by atoms with van der Waals surface area (Å²) < 4.78 is 0. The van der Waals surface area contributed by atoms with Crippen LogP contribution in [0.3, 0.4) is 0 Å². The van der Waals surface area contributed by atoms with Gasteiger partial charge in [-0.1, -0.05) is 25.0 Å². The number of benzene rings is 1. The molecule has 0 unspecified atom stereocenters. The molecular formula is C11H13N3. The third-order valence-electron chi connectivity index (χ3n) is 3.17. The summed E-state index contributed by atoms with van der Waals surface area (Å²) in [5.74, 6) is 0.712. The second-order valence-electron chi connectivity index (χ2n) is 4.02. The lowest BCUT2D eigenvalue weighted by Crippen LogP contribution is -1.93. The summed E-state index contributed by atoms with van der Waals surface area (Å²) in [6, 6.07) is 6.29.